The number of hydrogen-bond acceptors (Lipinski definition) is 6. The van der Waals surface area contributed by atoms with E-state index in [-0.39, 0.29) is 18.9 Å². The summed E-state index contributed by atoms with van der Waals surface area (Å²) in [6.07, 6.45) is 0.561. The molecule has 0 unspecified atom stereocenters. The third-order valence-corrected chi connectivity index (χ3v) is 7.80. The number of rotatable bonds is 3. The highest BCUT2D eigenvalue weighted by Gasteiger charge is 2.34. The fourth-order valence-corrected chi connectivity index (χ4v) is 6.32. The minimum atomic E-state index is -0.329. The Balaban J connectivity index is 1.26. The molecule has 0 aliphatic carbocycles. The summed E-state index contributed by atoms with van der Waals surface area (Å²) < 4.78 is 11.8. The van der Waals surface area contributed by atoms with Gasteiger partial charge in [-0.25, -0.2) is 0 Å². The molecule has 3 aromatic rings. The number of fused-ring (bicyclic) bond motifs is 4. The standard InChI is InChI=1S/C23H20BrN3O3S/c24-16-9-18-17(29-12-30-18)8-15(16)21-25-22(28)20-14-6-7-27(10-13-4-2-1-3-5-13)11-19(14)31-23(20)26-21/h1-5,8-9,21,26H,6-7,10-12H2,(H,25,28)/t21-/m0/s1. The maximum absolute atomic E-state index is 13.1. The molecule has 2 aromatic carbocycles. The van der Waals surface area contributed by atoms with E-state index in [0.717, 1.165) is 46.7 Å². The van der Waals surface area contributed by atoms with Crippen molar-refractivity contribution >= 4 is 38.2 Å². The highest BCUT2D eigenvalue weighted by molar-refractivity contribution is 9.10. The monoisotopic (exact) mass is 497 g/mol. The van der Waals surface area contributed by atoms with Gasteiger partial charge in [0, 0.05) is 34.5 Å². The van der Waals surface area contributed by atoms with Gasteiger partial charge in [0.25, 0.3) is 5.91 Å². The van der Waals surface area contributed by atoms with Crippen molar-refractivity contribution in [2.75, 3.05) is 18.7 Å². The van der Waals surface area contributed by atoms with Crippen LogP contribution in [0.2, 0.25) is 0 Å². The fourth-order valence-electron chi connectivity index (χ4n) is 4.45. The van der Waals surface area contributed by atoms with E-state index in [1.165, 1.54) is 16.0 Å². The van der Waals surface area contributed by atoms with Gasteiger partial charge in [0.2, 0.25) is 6.79 Å². The third kappa shape index (κ3) is 3.39. The van der Waals surface area contributed by atoms with E-state index in [9.17, 15) is 4.79 Å². The van der Waals surface area contributed by atoms with Gasteiger partial charge in [0.05, 0.1) is 5.56 Å². The van der Waals surface area contributed by atoms with Crippen LogP contribution in [-0.2, 0) is 19.5 Å². The summed E-state index contributed by atoms with van der Waals surface area (Å²) in [5, 5.41) is 7.61. The molecule has 3 aliphatic rings. The number of amides is 1. The molecule has 6 nitrogen and oxygen atoms in total. The van der Waals surface area contributed by atoms with E-state index in [2.05, 4.69) is 55.7 Å². The minimum Gasteiger partial charge on any atom is -0.454 e. The number of thiophene rings is 1. The number of carbonyl (C=O) groups is 1. The molecule has 0 radical (unpaired) electrons. The summed E-state index contributed by atoms with van der Waals surface area (Å²) in [5.74, 6) is 1.39. The van der Waals surface area contributed by atoms with Gasteiger partial charge >= 0.3 is 0 Å². The van der Waals surface area contributed by atoms with Gasteiger partial charge in [0.15, 0.2) is 11.5 Å². The first-order chi connectivity index (χ1) is 15.2. The smallest absolute Gasteiger partial charge is 0.256 e. The minimum absolute atomic E-state index is 0.0164. The Kier molecular flexibility index (Phi) is 4.66. The van der Waals surface area contributed by atoms with Crippen LogP contribution in [0.5, 0.6) is 11.5 Å². The molecule has 2 N–H and O–H groups in total. The molecular formula is C23H20BrN3O3S. The lowest BCUT2D eigenvalue weighted by atomic mass is 10.00. The normalized spacial score (nSPS) is 19.4. The molecule has 1 amide bonds. The van der Waals surface area contributed by atoms with Crippen LogP contribution in [0.4, 0.5) is 5.00 Å². The predicted molar refractivity (Wildman–Crippen MR) is 123 cm³/mol. The summed E-state index contributed by atoms with van der Waals surface area (Å²) in [7, 11) is 0. The lowest BCUT2D eigenvalue weighted by Crippen LogP contribution is -2.39. The number of halogens is 1. The van der Waals surface area contributed by atoms with Crippen LogP contribution in [0, 0.1) is 0 Å². The third-order valence-electron chi connectivity index (χ3n) is 5.97. The van der Waals surface area contributed by atoms with Gasteiger partial charge in [-0.15, -0.1) is 11.3 Å². The first-order valence-electron chi connectivity index (χ1n) is 10.2. The van der Waals surface area contributed by atoms with E-state index in [0.29, 0.717) is 11.5 Å². The Hall–Kier alpha value is -2.55. The summed E-state index contributed by atoms with van der Waals surface area (Å²) in [5.41, 5.74) is 4.24. The van der Waals surface area contributed by atoms with Gasteiger partial charge in [-0.05, 0) is 29.7 Å². The number of carbonyl (C=O) groups excluding carboxylic acids is 1. The van der Waals surface area contributed by atoms with Crippen molar-refractivity contribution in [3.63, 3.8) is 0 Å². The molecule has 0 saturated carbocycles. The van der Waals surface area contributed by atoms with Crippen LogP contribution in [0.1, 0.15) is 38.1 Å². The maximum atomic E-state index is 13.1. The molecule has 6 rings (SSSR count). The first-order valence-corrected chi connectivity index (χ1v) is 11.8. The highest BCUT2D eigenvalue weighted by atomic mass is 79.9. The number of benzene rings is 2. The molecule has 158 valence electrons. The van der Waals surface area contributed by atoms with E-state index in [4.69, 9.17) is 9.47 Å². The Morgan fingerprint density at radius 2 is 1.94 bits per heavy atom. The van der Waals surface area contributed by atoms with Gasteiger partial charge < -0.3 is 20.1 Å². The molecule has 0 spiro atoms. The van der Waals surface area contributed by atoms with E-state index >= 15 is 0 Å². The predicted octanol–water partition coefficient (Wildman–Crippen LogP) is 4.65. The van der Waals surface area contributed by atoms with Crippen LogP contribution in [0.3, 0.4) is 0 Å². The SMILES string of the molecule is O=C1N[C@H](c2cc3c(cc2Br)OCO3)Nc2sc3c(c21)CCN(Cc1ccccc1)C3. The lowest BCUT2D eigenvalue weighted by Gasteiger charge is -2.29. The topological polar surface area (TPSA) is 62.8 Å². The molecular weight excluding hydrogens is 478 g/mol. The molecule has 3 aliphatic heterocycles. The molecule has 31 heavy (non-hydrogen) atoms. The van der Waals surface area contributed by atoms with Crippen molar-refractivity contribution < 1.29 is 14.3 Å². The number of nitrogens with zero attached hydrogens (tertiary/aromatic N) is 1. The number of hydrogen-bond donors (Lipinski definition) is 2. The van der Waals surface area contributed by atoms with E-state index < -0.39 is 0 Å². The van der Waals surface area contributed by atoms with Crippen molar-refractivity contribution in [3.05, 3.63) is 74.1 Å². The van der Waals surface area contributed by atoms with Crippen molar-refractivity contribution in [1.82, 2.24) is 10.2 Å². The van der Waals surface area contributed by atoms with Crippen molar-refractivity contribution in [2.45, 2.75) is 25.7 Å². The summed E-state index contributed by atoms with van der Waals surface area (Å²) >= 11 is 5.31. The highest BCUT2D eigenvalue weighted by Crippen LogP contribution is 2.44. The molecule has 1 atom stereocenters. The van der Waals surface area contributed by atoms with Crippen LogP contribution >= 0.6 is 27.3 Å². The molecule has 4 heterocycles. The first kappa shape index (κ1) is 19.2. The maximum Gasteiger partial charge on any atom is 0.256 e. The Morgan fingerprint density at radius 3 is 2.77 bits per heavy atom. The quantitative estimate of drug-likeness (QED) is 0.551. The molecule has 1 aromatic heterocycles. The molecule has 8 heteroatoms. The molecule has 0 bridgehead atoms. The van der Waals surface area contributed by atoms with E-state index in [1.807, 2.05) is 18.2 Å². The Bertz CT molecular complexity index is 1180. The lowest BCUT2D eigenvalue weighted by molar-refractivity contribution is 0.0934. The van der Waals surface area contributed by atoms with Gasteiger partial charge in [-0.3, -0.25) is 9.69 Å². The largest absolute Gasteiger partial charge is 0.454 e. The number of ether oxygens (including phenoxy) is 2. The van der Waals surface area contributed by atoms with Crippen LogP contribution < -0.4 is 20.1 Å². The second-order valence-corrected chi connectivity index (χ2v) is 9.89. The number of anilines is 1. The van der Waals surface area contributed by atoms with Crippen molar-refractivity contribution in [2.24, 2.45) is 0 Å². The Morgan fingerprint density at radius 1 is 1.13 bits per heavy atom. The summed E-state index contributed by atoms with van der Waals surface area (Å²) in [6.45, 7) is 2.97. The van der Waals surface area contributed by atoms with E-state index in [1.54, 1.807) is 11.3 Å². The summed E-state index contributed by atoms with van der Waals surface area (Å²) in [6, 6.07) is 14.3. The number of nitrogens with one attached hydrogen (secondary N) is 2. The van der Waals surface area contributed by atoms with Gasteiger partial charge in [-0.1, -0.05) is 46.3 Å². The van der Waals surface area contributed by atoms with Crippen molar-refractivity contribution in [3.8, 4) is 11.5 Å². The zero-order valence-electron chi connectivity index (χ0n) is 16.6. The van der Waals surface area contributed by atoms with Crippen LogP contribution in [0.15, 0.2) is 46.9 Å². The second-order valence-electron chi connectivity index (χ2n) is 7.93. The van der Waals surface area contributed by atoms with Crippen LogP contribution in [-0.4, -0.2) is 24.1 Å². The van der Waals surface area contributed by atoms with Crippen molar-refractivity contribution in [1.29, 1.82) is 0 Å². The fraction of sp³-hybridized carbons (Fsp3) is 0.261. The molecule has 0 fully saturated rings. The van der Waals surface area contributed by atoms with Gasteiger partial charge in [-0.2, -0.15) is 0 Å². The zero-order chi connectivity index (χ0) is 20.9. The molecule has 0 saturated heterocycles. The van der Waals surface area contributed by atoms with Gasteiger partial charge in [0.1, 0.15) is 11.2 Å². The average Bonchev–Trinajstić information content (AvgIpc) is 3.37. The second kappa shape index (κ2) is 7.55. The zero-order valence-corrected chi connectivity index (χ0v) is 19.0. The average molecular weight is 498 g/mol. The van der Waals surface area contributed by atoms with Crippen LogP contribution in [0.25, 0.3) is 0 Å². The summed E-state index contributed by atoms with van der Waals surface area (Å²) in [4.78, 5) is 16.8. The Labute approximate surface area is 192 Å².